The summed E-state index contributed by atoms with van der Waals surface area (Å²) < 4.78 is 5.14. The van der Waals surface area contributed by atoms with Gasteiger partial charge in [0.2, 0.25) is 0 Å². The molecule has 0 heterocycles. The van der Waals surface area contributed by atoms with Crippen molar-refractivity contribution < 1.29 is 9.53 Å². The Morgan fingerprint density at radius 2 is 2.00 bits per heavy atom. The highest BCUT2D eigenvalue weighted by atomic mass is 16.6. The van der Waals surface area contributed by atoms with Gasteiger partial charge in [-0.25, -0.2) is 4.79 Å². The fourth-order valence-electron chi connectivity index (χ4n) is 1.58. The van der Waals surface area contributed by atoms with E-state index in [0.717, 1.165) is 6.42 Å². The molecule has 98 valence electrons. The van der Waals surface area contributed by atoms with E-state index in [-0.39, 0.29) is 5.92 Å². The van der Waals surface area contributed by atoms with Crippen molar-refractivity contribution in [3.63, 3.8) is 0 Å². The lowest BCUT2D eigenvalue weighted by Crippen LogP contribution is -2.35. The maximum absolute atomic E-state index is 11.4. The Hall–Kier alpha value is -1.24. The summed E-state index contributed by atoms with van der Waals surface area (Å²) in [4.78, 5) is 11.4. The van der Waals surface area contributed by atoms with E-state index in [1.165, 1.54) is 0 Å². The van der Waals surface area contributed by atoms with Gasteiger partial charge >= 0.3 is 6.09 Å². The molecule has 4 nitrogen and oxygen atoms in total. The van der Waals surface area contributed by atoms with Crippen LogP contribution >= 0.6 is 0 Å². The molecule has 0 aromatic rings. The molecular formula is C13H24N2O2. The summed E-state index contributed by atoms with van der Waals surface area (Å²) in [6.07, 6.45) is 0.987. The van der Waals surface area contributed by atoms with Crippen molar-refractivity contribution in [2.45, 2.75) is 53.1 Å². The lowest BCUT2D eigenvalue weighted by atomic mass is 9.95. The first kappa shape index (κ1) is 15.8. The Morgan fingerprint density at radius 1 is 1.41 bits per heavy atom. The van der Waals surface area contributed by atoms with Crippen LogP contribution in [0, 0.1) is 23.2 Å². The maximum atomic E-state index is 11.4. The summed E-state index contributed by atoms with van der Waals surface area (Å²) >= 11 is 0. The molecule has 0 aliphatic heterocycles. The normalized spacial score (nSPS) is 13.0. The van der Waals surface area contributed by atoms with Crippen molar-refractivity contribution in [2.24, 2.45) is 11.8 Å². The van der Waals surface area contributed by atoms with Crippen LogP contribution in [0.1, 0.15) is 47.5 Å². The lowest BCUT2D eigenvalue weighted by molar-refractivity contribution is 0.0517. The van der Waals surface area contributed by atoms with Gasteiger partial charge in [0.1, 0.15) is 5.60 Å². The standard InChI is InChI=1S/C13H24N2O2/c1-10(2)8-11(6-7-14)9-15-12(16)17-13(3,4)5/h10-11H,6,8-9H2,1-5H3,(H,15,16)/t11-/m1/s1. The number of nitrogens with zero attached hydrogens (tertiary/aromatic N) is 1. The van der Waals surface area contributed by atoms with Gasteiger partial charge in [0, 0.05) is 13.0 Å². The van der Waals surface area contributed by atoms with Gasteiger partial charge in [0.05, 0.1) is 6.07 Å². The van der Waals surface area contributed by atoms with Gasteiger partial charge in [-0.15, -0.1) is 0 Å². The second-order valence-corrected chi connectivity index (χ2v) is 5.74. The molecule has 0 radical (unpaired) electrons. The number of amides is 1. The third-order valence-corrected chi connectivity index (χ3v) is 2.12. The molecule has 1 amide bonds. The number of carbonyl (C=O) groups is 1. The van der Waals surface area contributed by atoms with Crippen LogP contribution in [-0.4, -0.2) is 18.2 Å². The van der Waals surface area contributed by atoms with Crippen LogP contribution in [0.15, 0.2) is 0 Å². The first-order valence-corrected chi connectivity index (χ1v) is 6.08. The molecule has 0 aliphatic rings. The van der Waals surface area contributed by atoms with Crippen molar-refractivity contribution in [1.29, 1.82) is 5.26 Å². The molecule has 0 rings (SSSR count). The Bertz CT molecular complexity index is 274. The van der Waals surface area contributed by atoms with Gasteiger partial charge in [0.25, 0.3) is 0 Å². The predicted molar refractivity (Wildman–Crippen MR) is 67.4 cm³/mol. The van der Waals surface area contributed by atoms with Crippen molar-refractivity contribution in [2.75, 3.05) is 6.54 Å². The molecule has 1 atom stereocenters. The van der Waals surface area contributed by atoms with Crippen molar-refractivity contribution in [1.82, 2.24) is 5.32 Å². The average molecular weight is 240 g/mol. The summed E-state index contributed by atoms with van der Waals surface area (Å²) in [6.45, 7) is 10.2. The van der Waals surface area contributed by atoms with Crippen molar-refractivity contribution in [3.05, 3.63) is 0 Å². The monoisotopic (exact) mass is 240 g/mol. The van der Waals surface area contributed by atoms with Gasteiger partial charge in [-0.1, -0.05) is 13.8 Å². The van der Waals surface area contributed by atoms with E-state index in [0.29, 0.717) is 18.9 Å². The van der Waals surface area contributed by atoms with Crippen LogP contribution in [0.2, 0.25) is 0 Å². The van der Waals surface area contributed by atoms with Crippen molar-refractivity contribution in [3.8, 4) is 6.07 Å². The summed E-state index contributed by atoms with van der Waals surface area (Å²) in [5.74, 6) is 0.723. The number of nitrogens with one attached hydrogen (secondary N) is 1. The topological polar surface area (TPSA) is 62.1 Å². The van der Waals surface area contributed by atoms with E-state index < -0.39 is 11.7 Å². The number of rotatable bonds is 5. The molecule has 0 saturated heterocycles. The second-order valence-electron chi connectivity index (χ2n) is 5.74. The molecule has 0 aromatic heterocycles. The van der Waals surface area contributed by atoms with Gasteiger partial charge in [-0.3, -0.25) is 0 Å². The molecule has 0 aromatic carbocycles. The number of carbonyl (C=O) groups excluding carboxylic acids is 1. The fourth-order valence-corrected chi connectivity index (χ4v) is 1.58. The highest BCUT2D eigenvalue weighted by Gasteiger charge is 2.17. The van der Waals surface area contributed by atoms with E-state index >= 15 is 0 Å². The number of ether oxygens (including phenoxy) is 1. The van der Waals surface area contributed by atoms with Crippen LogP contribution in [0.3, 0.4) is 0 Å². The summed E-state index contributed by atoms with van der Waals surface area (Å²) in [6, 6.07) is 2.15. The minimum absolute atomic E-state index is 0.201. The molecule has 0 unspecified atom stereocenters. The summed E-state index contributed by atoms with van der Waals surface area (Å²) in [5, 5.41) is 11.4. The van der Waals surface area contributed by atoms with Crippen LogP contribution < -0.4 is 5.32 Å². The van der Waals surface area contributed by atoms with Crippen molar-refractivity contribution >= 4 is 6.09 Å². The van der Waals surface area contributed by atoms with E-state index in [9.17, 15) is 4.79 Å². The van der Waals surface area contributed by atoms with Crippen LogP contribution in [0.4, 0.5) is 4.79 Å². The molecule has 17 heavy (non-hydrogen) atoms. The molecule has 4 heteroatoms. The number of alkyl carbamates (subject to hydrolysis) is 1. The number of hydrogen-bond donors (Lipinski definition) is 1. The predicted octanol–water partition coefficient (Wildman–Crippen LogP) is 3.09. The highest BCUT2D eigenvalue weighted by Crippen LogP contribution is 2.14. The number of nitriles is 1. The Balaban J connectivity index is 4.04. The van der Waals surface area contributed by atoms with E-state index in [1.54, 1.807) is 0 Å². The number of hydrogen-bond acceptors (Lipinski definition) is 3. The van der Waals surface area contributed by atoms with Crippen LogP contribution in [-0.2, 0) is 4.74 Å². The minimum atomic E-state index is -0.479. The second kappa shape index (κ2) is 7.16. The van der Waals surface area contributed by atoms with Gasteiger partial charge in [0.15, 0.2) is 0 Å². The summed E-state index contributed by atoms with van der Waals surface area (Å²) in [5.41, 5.74) is -0.479. The third kappa shape index (κ3) is 9.68. The third-order valence-electron chi connectivity index (χ3n) is 2.12. The molecular weight excluding hydrogens is 216 g/mol. The first-order chi connectivity index (χ1) is 7.74. The zero-order valence-corrected chi connectivity index (χ0v) is 11.5. The SMILES string of the molecule is CC(C)C[C@@H](CC#N)CNC(=O)OC(C)(C)C. The van der Waals surface area contributed by atoms with E-state index in [1.807, 2.05) is 20.8 Å². The van der Waals surface area contributed by atoms with Gasteiger partial charge < -0.3 is 10.1 Å². The minimum Gasteiger partial charge on any atom is -0.444 e. The Labute approximate surface area is 104 Å². The van der Waals surface area contributed by atoms with E-state index in [2.05, 4.69) is 25.2 Å². The van der Waals surface area contributed by atoms with Gasteiger partial charge in [-0.2, -0.15) is 5.26 Å². The smallest absolute Gasteiger partial charge is 0.407 e. The molecule has 0 saturated carbocycles. The highest BCUT2D eigenvalue weighted by molar-refractivity contribution is 5.67. The molecule has 0 spiro atoms. The fraction of sp³-hybridized carbons (Fsp3) is 0.846. The quantitative estimate of drug-likeness (QED) is 0.803. The zero-order valence-electron chi connectivity index (χ0n) is 11.5. The Morgan fingerprint density at radius 3 is 2.41 bits per heavy atom. The molecule has 0 bridgehead atoms. The lowest BCUT2D eigenvalue weighted by Gasteiger charge is -2.21. The zero-order chi connectivity index (χ0) is 13.5. The Kier molecular flexibility index (Phi) is 6.64. The van der Waals surface area contributed by atoms with Crippen LogP contribution in [0.5, 0.6) is 0 Å². The van der Waals surface area contributed by atoms with E-state index in [4.69, 9.17) is 10.00 Å². The summed E-state index contributed by atoms with van der Waals surface area (Å²) in [7, 11) is 0. The molecule has 0 aliphatic carbocycles. The average Bonchev–Trinajstić information content (AvgIpc) is 2.11. The first-order valence-electron chi connectivity index (χ1n) is 6.08. The molecule has 0 fully saturated rings. The van der Waals surface area contributed by atoms with Crippen LogP contribution in [0.25, 0.3) is 0 Å². The maximum Gasteiger partial charge on any atom is 0.407 e. The largest absolute Gasteiger partial charge is 0.444 e. The molecule has 1 N–H and O–H groups in total. The van der Waals surface area contributed by atoms with Gasteiger partial charge in [-0.05, 0) is 39.0 Å².